The average Bonchev–Trinajstić information content (AvgIpc) is 3.38. The van der Waals surface area contributed by atoms with Crippen molar-refractivity contribution in [3.8, 4) is 5.75 Å². The molecule has 0 unspecified atom stereocenters. The van der Waals surface area contributed by atoms with Gasteiger partial charge in [-0.2, -0.15) is 0 Å². The number of esters is 1. The molecule has 1 aliphatic heterocycles. The largest absolute Gasteiger partial charge is 0.497 e. The number of nitrogens with zero attached hydrogens (tertiary/aromatic N) is 1. The van der Waals surface area contributed by atoms with Crippen LogP contribution in [0.3, 0.4) is 0 Å². The molecule has 0 spiro atoms. The van der Waals surface area contributed by atoms with Crippen molar-refractivity contribution in [2.45, 2.75) is 18.9 Å². The molecule has 2 aromatic rings. The first-order chi connectivity index (χ1) is 13.1. The average molecular weight is 388 g/mol. The van der Waals surface area contributed by atoms with Crippen molar-refractivity contribution in [3.05, 3.63) is 46.7 Å². The summed E-state index contributed by atoms with van der Waals surface area (Å²) in [5.41, 5.74) is 0.576. The highest BCUT2D eigenvalue weighted by atomic mass is 32.1. The van der Waals surface area contributed by atoms with E-state index < -0.39 is 24.5 Å². The number of amides is 2. The predicted octanol–water partition coefficient (Wildman–Crippen LogP) is 2.54. The Labute approximate surface area is 160 Å². The van der Waals surface area contributed by atoms with E-state index in [0.29, 0.717) is 29.3 Å². The maximum atomic E-state index is 12.5. The fourth-order valence-electron chi connectivity index (χ4n) is 2.90. The summed E-state index contributed by atoms with van der Waals surface area (Å²) in [4.78, 5) is 39.0. The van der Waals surface area contributed by atoms with E-state index in [1.807, 2.05) is 5.38 Å². The second-order valence-electron chi connectivity index (χ2n) is 6.02. The number of ether oxygens (including phenoxy) is 2. The molecule has 0 radical (unpaired) electrons. The smallest absolute Gasteiger partial charge is 0.329 e. The van der Waals surface area contributed by atoms with Gasteiger partial charge in [0.1, 0.15) is 11.8 Å². The monoisotopic (exact) mass is 388 g/mol. The molecule has 1 saturated heterocycles. The molecule has 8 heteroatoms. The summed E-state index contributed by atoms with van der Waals surface area (Å²) in [7, 11) is 1.56. The molecule has 1 aliphatic rings. The van der Waals surface area contributed by atoms with Crippen LogP contribution in [0, 0.1) is 0 Å². The highest BCUT2D eigenvalue weighted by molar-refractivity contribution is 7.12. The summed E-state index contributed by atoms with van der Waals surface area (Å²) in [5, 5.41) is 4.46. The van der Waals surface area contributed by atoms with E-state index in [1.165, 1.54) is 16.2 Å². The first-order valence-electron chi connectivity index (χ1n) is 8.53. The summed E-state index contributed by atoms with van der Waals surface area (Å²) in [6.45, 7) is 0.108. The number of carbonyl (C=O) groups is 3. The van der Waals surface area contributed by atoms with Gasteiger partial charge in [0, 0.05) is 12.2 Å². The number of benzene rings is 1. The van der Waals surface area contributed by atoms with E-state index in [-0.39, 0.29) is 5.91 Å². The van der Waals surface area contributed by atoms with Crippen LogP contribution in [-0.4, -0.2) is 49.0 Å². The van der Waals surface area contributed by atoms with E-state index in [2.05, 4.69) is 5.32 Å². The Hall–Kier alpha value is -2.87. The third-order valence-electron chi connectivity index (χ3n) is 4.24. The normalized spacial score (nSPS) is 16.0. The lowest BCUT2D eigenvalue weighted by molar-refractivity contribution is -0.151. The van der Waals surface area contributed by atoms with Crippen molar-refractivity contribution in [1.82, 2.24) is 4.90 Å². The number of nitrogens with one attached hydrogen (secondary N) is 1. The molecule has 2 amide bonds. The second kappa shape index (κ2) is 8.68. The van der Waals surface area contributed by atoms with Gasteiger partial charge >= 0.3 is 5.97 Å². The van der Waals surface area contributed by atoms with Gasteiger partial charge in [-0.05, 0) is 48.6 Å². The molecule has 142 valence electrons. The van der Waals surface area contributed by atoms with Crippen LogP contribution >= 0.6 is 11.3 Å². The number of methoxy groups -OCH3 is 1. The van der Waals surface area contributed by atoms with E-state index in [1.54, 1.807) is 43.5 Å². The Bertz CT molecular complexity index is 804. The van der Waals surface area contributed by atoms with Crippen LogP contribution in [0.2, 0.25) is 0 Å². The van der Waals surface area contributed by atoms with Crippen molar-refractivity contribution in [2.24, 2.45) is 0 Å². The van der Waals surface area contributed by atoms with Crippen LogP contribution in [0.5, 0.6) is 5.75 Å². The first-order valence-corrected chi connectivity index (χ1v) is 9.41. The minimum absolute atomic E-state index is 0.174. The third-order valence-corrected chi connectivity index (χ3v) is 5.09. The van der Waals surface area contributed by atoms with Crippen LogP contribution in [-0.2, 0) is 14.3 Å². The van der Waals surface area contributed by atoms with Crippen LogP contribution < -0.4 is 10.1 Å². The van der Waals surface area contributed by atoms with Crippen LogP contribution in [0.15, 0.2) is 41.8 Å². The van der Waals surface area contributed by atoms with Gasteiger partial charge in [-0.3, -0.25) is 9.59 Å². The Balaban J connectivity index is 1.51. The Morgan fingerprint density at radius 1 is 1.22 bits per heavy atom. The van der Waals surface area contributed by atoms with Crippen molar-refractivity contribution in [1.29, 1.82) is 0 Å². The van der Waals surface area contributed by atoms with Crippen molar-refractivity contribution >= 4 is 34.8 Å². The minimum Gasteiger partial charge on any atom is -0.497 e. The molecular formula is C19H20N2O5S. The maximum Gasteiger partial charge on any atom is 0.329 e. The first kappa shape index (κ1) is 18.9. The zero-order chi connectivity index (χ0) is 19.2. The number of rotatable bonds is 6. The molecule has 0 saturated carbocycles. The molecular weight excluding hydrogens is 368 g/mol. The summed E-state index contributed by atoms with van der Waals surface area (Å²) in [5.74, 6) is -0.492. The second-order valence-corrected chi connectivity index (χ2v) is 6.97. The van der Waals surface area contributed by atoms with E-state index in [0.717, 1.165) is 6.42 Å². The van der Waals surface area contributed by atoms with E-state index >= 15 is 0 Å². The highest BCUT2D eigenvalue weighted by Gasteiger charge is 2.36. The van der Waals surface area contributed by atoms with E-state index in [9.17, 15) is 14.4 Å². The lowest BCUT2D eigenvalue weighted by atomic mass is 10.2. The lowest BCUT2D eigenvalue weighted by Gasteiger charge is -2.22. The summed E-state index contributed by atoms with van der Waals surface area (Å²) >= 11 is 1.34. The van der Waals surface area contributed by atoms with Gasteiger partial charge in [0.25, 0.3) is 11.8 Å². The fourth-order valence-corrected chi connectivity index (χ4v) is 3.58. The Morgan fingerprint density at radius 2 is 2.00 bits per heavy atom. The molecule has 1 aromatic heterocycles. The lowest BCUT2D eigenvalue weighted by Crippen LogP contribution is -2.41. The van der Waals surface area contributed by atoms with Crippen LogP contribution in [0.25, 0.3) is 0 Å². The summed E-state index contributed by atoms with van der Waals surface area (Å²) < 4.78 is 10.2. The predicted molar refractivity (Wildman–Crippen MR) is 101 cm³/mol. The molecule has 3 rings (SSSR count). The van der Waals surface area contributed by atoms with E-state index in [4.69, 9.17) is 9.47 Å². The summed E-state index contributed by atoms with van der Waals surface area (Å²) in [6, 6.07) is 9.70. The number of hydrogen-bond donors (Lipinski definition) is 1. The molecule has 0 bridgehead atoms. The number of carbonyl (C=O) groups excluding carboxylic acids is 3. The molecule has 1 atom stereocenters. The number of hydrogen-bond acceptors (Lipinski definition) is 6. The molecule has 1 fully saturated rings. The molecule has 27 heavy (non-hydrogen) atoms. The maximum absolute atomic E-state index is 12.5. The number of thiophene rings is 1. The highest BCUT2D eigenvalue weighted by Crippen LogP contribution is 2.23. The van der Waals surface area contributed by atoms with Gasteiger partial charge in [-0.15, -0.1) is 11.3 Å². The zero-order valence-electron chi connectivity index (χ0n) is 14.8. The van der Waals surface area contributed by atoms with Gasteiger partial charge in [0.15, 0.2) is 6.61 Å². The molecule has 0 aliphatic carbocycles. The Morgan fingerprint density at radius 3 is 2.67 bits per heavy atom. The van der Waals surface area contributed by atoms with Crippen molar-refractivity contribution in [3.63, 3.8) is 0 Å². The zero-order valence-corrected chi connectivity index (χ0v) is 15.7. The quantitative estimate of drug-likeness (QED) is 0.769. The van der Waals surface area contributed by atoms with Gasteiger partial charge in [-0.25, -0.2) is 4.79 Å². The SMILES string of the molecule is COc1ccc(NC(=O)COC(=O)[C@@H]2CCCN2C(=O)c2cccs2)cc1. The number of anilines is 1. The third kappa shape index (κ3) is 4.65. The fraction of sp³-hybridized carbons (Fsp3) is 0.316. The van der Waals surface area contributed by atoms with Gasteiger partial charge in [0.2, 0.25) is 0 Å². The standard InChI is InChI=1S/C19H20N2O5S/c1-25-14-8-6-13(7-9-14)20-17(22)12-26-19(24)15-4-2-10-21(15)18(23)16-5-3-11-27-16/h3,5-9,11,15H,2,4,10,12H2,1H3,(H,20,22)/t15-/m0/s1. The molecule has 2 heterocycles. The van der Waals surface area contributed by atoms with Crippen molar-refractivity contribution in [2.75, 3.05) is 25.6 Å². The van der Waals surface area contributed by atoms with Gasteiger partial charge in [-0.1, -0.05) is 6.07 Å². The molecule has 7 nitrogen and oxygen atoms in total. The number of likely N-dealkylation sites (tertiary alicyclic amines) is 1. The molecule has 1 N–H and O–H groups in total. The van der Waals surface area contributed by atoms with Gasteiger partial charge < -0.3 is 19.7 Å². The molecule has 1 aromatic carbocycles. The summed E-state index contributed by atoms with van der Waals surface area (Å²) in [6.07, 6.45) is 1.27. The van der Waals surface area contributed by atoms with Crippen LogP contribution in [0.4, 0.5) is 5.69 Å². The topological polar surface area (TPSA) is 84.9 Å². The Kier molecular flexibility index (Phi) is 6.08. The van der Waals surface area contributed by atoms with Crippen LogP contribution in [0.1, 0.15) is 22.5 Å². The minimum atomic E-state index is -0.645. The van der Waals surface area contributed by atoms with Crippen molar-refractivity contribution < 1.29 is 23.9 Å². The van der Waals surface area contributed by atoms with Gasteiger partial charge in [0.05, 0.1) is 12.0 Å².